The van der Waals surface area contributed by atoms with Crippen LogP contribution in [0.1, 0.15) is 44.1 Å². The lowest BCUT2D eigenvalue weighted by Crippen LogP contribution is -2.61. The summed E-state index contributed by atoms with van der Waals surface area (Å²) in [7, 11) is 3.35. The second-order valence-electron chi connectivity index (χ2n) is 10.2. The Morgan fingerprint density at radius 3 is 2.59 bits per heavy atom. The van der Waals surface area contributed by atoms with Gasteiger partial charge in [0.25, 0.3) is 0 Å². The zero-order valence-electron chi connectivity index (χ0n) is 18.6. The van der Waals surface area contributed by atoms with Crippen molar-refractivity contribution in [3.8, 4) is 5.88 Å². The molecule has 32 heavy (non-hydrogen) atoms. The normalized spacial score (nSPS) is 30.8. The van der Waals surface area contributed by atoms with Gasteiger partial charge in [0.2, 0.25) is 11.8 Å². The van der Waals surface area contributed by atoms with Gasteiger partial charge >= 0.3 is 5.69 Å². The highest BCUT2D eigenvalue weighted by molar-refractivity contribution is 5.73. The van der Waals surface area contributed by atoms with E-state index < -0.39 is 5.60 Å². The van der Waals surface area contributed by atoms with E-state index in [9.17, 15) is 9.90 Å². The van der Waals surface area contributed by atoms with Gasteiger partial charge < -0.3 is 15.2 Å². The SMILES string of the molecule is COc1cc(C)c(Nc2ncc3c(n2)n(C24CC5CC(CC(O)(C5)C2)C4)c(=O)n3C)cn1. The summed E-state index contributed by atoms with van der Waals surface area (Å²) < 4.78 is 8.68. The average Bonchev–Trinajstić information content (AvgIpc) is 2.98. The van der Waals surface area contributed by atoms with Gasteiger partial charge in [0.15, 0.2) is 5.65 Å². The van der Waals surface area contributed by atoms with Crippen molar-refractivity contribution in [3.63, 3.8) is 0 Å². The van der Waals surface area contributed by atoms with Gasteiger partial charge in [-0.15, -0.1) is 0 Å². The number of hydrogen-bond acceptors (Lipinski definition) is 7. The van der Waals surface area contributed by atoms with Crippen LogP contribution in [0, 0.1) is 18.8 Å². The molecule has 0 saturated heterocycles. The minimum absolute atomic E-state index is 0.0840. The van der Waals surface area contributed by atoms with Crippen molar-refractivity contribution in [1.82, 2.24) is 24.1 Å². The van der Waals surface area contributed by atoms with Crippen LogP contribution in [-0.4, -0.2) is 41.9 Å². The Kier molecular flexibility index (Phi) is 4.03. The molecule has 2 unspecified atom stereocenters. The molecule has 2 N–H and O–H groups in total. The van der Waals surface area contributed by atoms with Gasteiger partial charge in [-0.1, -0.05) is 0 Å². The van der Waals surface area contributed by atoms with Crippen molar-refractivity contribution in [2.24, 2.45) is 18.9 Å². The highest BCUT2D eigenvalue weighted by Gasteiger charge is 2.59. The third kappa shape index (κ3) is 2.80. The quantitative estimate of drug-likeness (QED) is 0.647. The van der Waals surface area contributed by atoms with Gasteiger partial charge in [0.05, 0.1) is 36.3 Å². The van der Waals surface area contributed by atoms with Crippen LogP contribution in [0.4, 0.5) is 11.6 Å². The fraction of sp³-hybridized carbons (Fsp3) is 0.565. The van der Waals surface area contributed by atoms with Crippen LogP contribution < -0.4 is 15.7 Å². The molecule has 0 aliphatic heterocycles. The van der Waals surface area contributed by atoms with Crippen molar-refractivity contribution in [3.05, 3.63) is 34.5 Å². The first kappa shape index (κ1) is 19.7. The molecular formula is C23H28N6O3. The number of methoxy groups -OCH3 is 1. The Morgan fingerprint density at radius 1 is 1.19 bits per heavy atom. The minimum atomic E-state index is -0.661. The monoisotopic (exact) mass is 436 g/mol. The summed E-state index contributed by atoms with van der Waals surface area (Å²) in [4.78, 5) is 26.9. The predicted octanol–water partition coefficient (Wildman–Crippen LogP) is 2.63. The van der Waals surface area contributed by atoms with Crippen LogP contribution in [0.25, 0.3) is 11.2 Å². The van der Waals surface area contributed by atoms with Gasteiger partial charge in [-0.2, -0.15) is 4.98 Å². The lowest BCUT2D eigenvalue weighted by atomic mass is 9.51. The highest BCUT2D eigenvalue weighted by atomic mass is 16.5. The molecule has 168 valence electrons. The number of pyridine rings is 1. The Labute approximate surface area is 185 Å². The maximum Gasteiger partial charge on any atom is 0.330 e. The molecule has 9 nitrogen and oxygen atoms in total. The van der Waals surface area contributed by atoms with Crippen LogP contribution in [0.2, 0.25) is 0 Å². The Balaban J connectivity index is 1.46. The first-order chi connectivity index (χ1) is 15.3. The number of imidazole rings is 1. The third-order valence-corrected chi connectivity index (χ3v) is 7.82. The molecule has 3 aromatic rings. The maximum absolute atomic E-state index is 13.4. The minimum Gasteiger partial charge on any atom is -0.481 e. The van der Waals surface area contributed by atoms with Crippen LogP contribution in [-0.2, 0) is 12.6 Å². The number of ether oxygens (including phenoxy) is 1. The lowest BCUT2D eigenvalue weighted by Gasteiger charge is -2.60. The number of aliphatic hydroxyl groups is 1. The molecule has 3 heterocycles. The van der Waals surface area contributed by atoms with E-state index >= 15 is 0 Å². The summed E-state index contributed by atoms with van der Waals surface area (Å²) >= 11 is 0. The highest BCUT2D eigenvalue weighted by Crippen LogP contribution is 2.60. The van der Waals surface area contributed by atoms with E-state index in [2.05, 4.69) is 15.3 Å². The van der Waals surface area contributed by atoms with Crippen molar-refractivity contribution in [2.75, 3.05) is 12.4 Å². The molecule has 4 bridgehead atoms. The fourth-order valence-corrected chi connectivity index (χ4v) is 6.92. The van der Waals surface area contributed by atoms with Crippen molar-refractivity contribution in [1.29, 1.82) is 0 Å². The average molecular weight is 437 g/mol. The zero-order valence-corrected chi connectivity index (χ0v) is 18.6. The van der Waals surface area contributed by atoms with E-state index in [1.807, 2.05) is 17.6 Å². The zero-order chi connectivity index (χ0) is 22.3. The van der Waals surface area contributed by atoms with E-state index in [0.29, 0.717) is 41.2 Å². The molecule has 9 heteroatoms. The van der Waals surface area contributed by atoms with Gasteiger partial charge in [0, 0.05) is 13.1 Å². The largest absolute Gasteiger partial charge is 0.481 e. The smallest absolute Gasteiger partial charge is 0.330 e. The molecule has 4 aliphatic rings. The molecule has 3 aromatic heterocycles. The third-order valence-electron chi connectivity index (χ3n) is 7.82. The molecule has 4 fully saturated rings. The van der Waals surface area contributed by atoms with Crippen LogP contribution >= 0.6 is 0 Å². The molecule has 4 aliphatic carbocycles. The number of aromatic nitrogens is 5. The van der Waals surface area contributed by atoms with Gasteiger partial charge in [0.1, 0.15) is 5.52 Å². The molecule has 0 spiro atoms. The molecule has 2 atom stereocenters. The van der Waals surface area contributed by atoms with E-state index in [0.717, 1.165) is 43.4 Å². The molecule has 0 aromatic carbocycles. The molecule has 7 rings (SSSR count). The van der Waals surface area contributed by atoms with Crippen LogP contribution in [0.15, 0.2) is 23.3 Å². The second-order valence-corrected chi connectivity index (χ2v) is 10.2. The van der Waals surface area contributed by atoms with Crippen LogP contribution in [0.5, 0.6) is 5.88 Å². The van der Waals surface area contributed by atoms with Crippen LogP contribution in [0.3, 0.4) is 0 Å². The number of hydrogen-bond donors (Lipinski definition) is 2. The van der Waals surface area contributed by atoms with Gasteiger partial charge in [-0.25, -0.2) is 14.8 Å². The topological polar surface area (TPSA) is 107 Å². The standard InChI is InChI=1S/C23H28N6O3/c1-13-4-18(32-3)24-10-16(13)26-20-25-11-17-19(27-20)29(21(30)28(17)2)22-6-14-5-15(7-22)9-23(31,8-14)12-22/h4,10-11,14-15,31H,5-9,12H2,1-3H3,(H,25,26,27). The number of fused-ring (bicyclic) bond motifs is 1. The Hall–Kier alpha value is -2.94. The Morgan fingerprint density at radius 2 is 1.94 bits per heavy atom. The summed E-state index contributed by atoms with van der Waals surface area (Å²) in [6.07, 6.45) is 8.75. The maximum atomic E-state index is 13.4. The lowest BCUT2D eigenvalue weighted by molar-refractivity contribution is -0.156. The van der Waals surface area contributed by atoms with Crippen molar-refractivity contribution in [2.45, 2.75) is 56.6 Å². The van der Waals surface area contributed by atoms with Gasteiger partial charge in [-0.3, -0.25) is 9.13 Å². The number of anilines is 2. The molecule has 0 amide bonds. The second kappa shape index (κ2) is 6.54. The van der Waals surface area contributed by atoms with Crippen molar-refractivity contribution < 1.29 is 9.84 Å². The number of aryl methyl sites for hydroxylation is 2. The number of rotatable bonds is 4. The summed E-state index contributed by atoms with van der Waals surface area (Å²) in [5.41, 5.74) is 1.94. The van der Waals surface area contributed by atoms with E-state index in [1.54, 1.807) is 31.1 Å². The molecule has 4 saturated carbocycles. The van der Waals surface area contributed by atoms with Crippen molar-refractivity contribution >= 4 is 22.8 Å². The summed E-state index contributed by atoms with van der Waals surface area (Å²) in [5.74, 6) is 1.89. The van der Waals surface area contributed by atoms with Gasteiger partial charge in [-0.05, 0) is 62.8 Å². The fourth-order valence-electron chi connectivity index (χ4n) is 6.92. The summed E-state index contributed by atoms with van der Waals surface area (Å²) in [6.45, 7) is 1.96. The number of nitrogens with zero attached hydrogens (tertiary/aromatic N) is 5. The van der Waals surface area contributed by atoms with E-state index in [1.165, 1.54) is 0 Å². The first-order valence-corrected chi connectivity index (χ1v) is 11.2. The molecular weight excluding hydrogens is 408 g/mol. The predicted molar refractivity (Wildman–Crippen MR) is 119 cm³/mol. The summed E-state index contributed by atoms with van der Waals surface area (Å²) in [6, 6.07) is 1.84. The van der Waals surface area contributed by atoms with E-state index in [-0.39, 0.29) is 11.2 Å². The number of nitrogens with one attached hydrogen (secondary N) is 1. The molecule has 0 radical (unpaired) electrons. The first-order valence-electron chi connectivity index (χ1n) is 11.2. The van der Waals surface area contributed by atoms with E-state index in [4.69, 9.17) is 9.72 Å². The Bertz CT molecular complexity index is 1280. The summed E-state index contributed by atoms with van der Waals surface area (Å²) in [5, 5.41) is 14.5.